The van der Waals surface area contributed by atoms with Gasteiger partial charge in [0.15, 0.2) is 0 Å². The summed E-state index contributed by atoms with van der Waals surface area (Å²) in [6, 6.07) is 17.6. The van der Waals surface area contributed by atoms with Gasteiger partial charge in [0.1, 0.15) is 47.5 Å². The molecule has 0 aromatic heterocycles. The highest BCUT2D eigenvalue weighted by Gasteiger charge is 2.26. The van der Waals surface area contributed by atoms with Gasteiger partial charge in [-0.15, -0.1) is 0 Å². The van der Waals surface area contributed by atoms with Crippen LogP contribution in [-0.4, -0.2) is 33.3 Å². The molecular weight excluding hydrogens is 480 g/mol. The van der Waals surface area contributed by atoms with Crippen molar-refractivity contribution in [2.45, 2.75) is 33.4 Å². The smallest absolute Gasteiger partial charge is 0.302 e. The Balaban J connectivity index is 1.93. The second kappa shape index (κ2) is 13.1. The molecule has 9 nitrogen and oxygen atoms in total. The lowest BCUT2D eigenvalue weighted by molar-refractivity contribution is -0.143. The molecule has 0 fully saturated rings. The predicted octanol–water partition coefficient (Wildman–Crippen LogP) is 5.00. The van der Waals surface area contributed by atoms with Crippen molar-refractivity contribution in [1.82, 2.24) is 0 Å². The molecule has 9 heteroatoms. The topological polar surface area (TPSA) is 98.8 Å². The van der Waals surface area contributed by atoms with Gasteiger partial charge in [-0.25, -0.2) is 0 Å². The first-order chi connectivity index (χ1) is 17.8. The van der Waals surface area contributed by atoms with Crippen LogP contribution in [0.5, 0.6) is 28.7 Å². The summed E-state index contributed by atoms with van der Waals surface area (Å²) in [7, 11) is 4.61. The normalized spacial score (nSPS) is 10.4. The van der Waals surface area contributed by atoms with E-state index in [1.165, 1.54) is 28.1 Å². The Morgan fingerprint density at radius 3 is 1.35 bits per heavy atom. The van der Waals surface area contributed by atoms with Gasteiger partial charge in [-0.3, -0.25) is 9.59 Å². The zero-order valence-electron chi connectivity index (χ0n) is 21.4. The second-order valence-corrected chi connectivity index (χ2v) is 7.86. The molecule has 0 bridgehead atoms. The number of benzene rings is 3. The minimum absolute atomic E-state index is 0.162. The lowest BCUT2D eigenvalue weighted by atomic mass is 10.1. The maximum Gasteiger partial charge on any atom is 0.302 e. The summed E-state index contributed by atoms with van der Waals surface area (Å²) in [6.07, 6.45) is -0.977. The van der Waals surface area contributed by atoms with E-state index >= 15 is 0 Å². The van der Waals surface area contributed by atoms with E-state index in [2.05, 4.69) is 0 Å². The number of hydrogen-bond acceptors (Lipinski definition) is 9. The Hall–Kier alpha value is -4.40. The summed E-state index contributed by atoms with van der Waals surface area (Å²) in [5.41, 5.74) is 2.13. The molecule has 3 rings (SSSR count). The number of carbonyl (C=O) groups is 2. The fraction of sp³-hybridized carbons (Fsp3) is 0.286. The van der Waals surface area contributed by atoms with Crippen molar-refractivity contribution >= 4 is 11.9 Å². The average molecular weight is 511 g/mol. The number of hydrogen-bond donors (Lipinski definition) is 0. The van der Waals surface area contributed by atoms with Crippen LogP contribution in [0.15, 0.2) is 60.7 Å². The van der Waals surface area contributed by atoms with Crippen molar-refractivity contribution in [3.63, 3.8) is 0 Å². The second-order valence-electron chi connectivity index (χ2n) is 7.86. The highest BCUT2D eigenvalue weighted by atomic mass is 16.7. The van der Waals surface area contributed by atoms with Crippen molar-refractivity contribution in [1.29, 1.82) is 0 Å². The molecule has 0 spiro atoms. The van der Waals surface area contributed by atoms with Gasteiger partial charge in [-0.2, -0.15) is 0 Å². The Bertz CT molecular complexity index is 1100. The van der Waals surface area contributed by atoms with Crippen molar-refractivity contribution < 1.29 is 42.7 Å². The first-order valence-corrected chi connectivity index (χ1v) is 11.4. The first-order valence-electron chi connectivity index (χ1n) is 11.4. The zero-order valence-corrected chi connectivity index (χ0v) is 21.4. The van der Waals surface area contributed by atoms with Gasteiger partial charge in [-0.1, -0.05) is 24.3 Å². The molecule has 0 radical (unpaired) electrons. The third kappa shape index (κ3) is 7.79. The highest BCUT2D eigenvalue weighted by Crippen LogP contribution is 2.41. The largest absolute Gasteiger partial charge is 0.496 e. The van der Waals surface area contributed by atoms with Gasteiger partial charge in [0.25, 0.3) is 6.29 Å². The molecule has 196 valence electrons. The molecule has 0 unspecified atom stereocenters. The highest BCUT2D eigenvalue weighted by molar-refractivity contribution is 5.66. The third-order valence-electron chi connectivity index (χ3n) is 5.21. The van der Waals surface area contributed by atoms with E-state index in [0.717, 1.165) is 11.1 Å². The van der Waals surface area contributed by atoms with Crippen molar-refractivity contribution in [2.75, 3.05) is 21.3 Å². The standard InChI is InChI=1S/C28H30O9/c1-18(29)34-16-20-6-10-22(11-7-20)36-28(27-25(32-4)14-24(31-3)15-26(27)33-5)37-23-12-8-21(9-13-23)17-35-19(2)30/h6-15,28H,16-17H2,1-5H3. The molecule has 0 aliphatic carbocycles. The van der Waals surface area contributed by atoms with Gasteiger partial charge >= 0.3 is 11.9 Å². The van der Waals surface area contributed by atoms with Crippen molar-refractivity contribution in [3.05, 3.63) is 77.4 Å². The summed E-state index contributed by atoms with van der Waals surface area (Å²) in [5, 5.41) is 0. The van der Waals surface area contributed by atoms with Crippen LogP contribution in [-0.2, 0) is 32.3 Å². The minimum atomic E-state index is -0.977. The summed E-state index contributed by atoms with van der Waals surface area (Å²) in [5.74, 6) is 1.72. The molecule has 0 N–H and O–H groups in total. The summed E-state index contributed by atoms with van der Waals surface area (Å²) < 4.78 is 39.2. The maximum absolute atomic E-state index is 11.1. The van der Waals surface area contributed by atoms with Crippen LogP contribution in [0.4, 0.5) is 0 Å². The molecule has 3 aromatic rings. The van der Waals surface area contributed by atoms with E-state index in [1.807, 2.05) is 0 Å². The lowest BCUT2D eigenvalue weighted by Crippen LogP contribution is -2.17. The quantitative estimate of drug-likeness (QED) is 0.246. The molecule has 0 aliphatic rings. The van der Waals surface area contributed by atoms with Gasteiger partial charge in [0.05, 0.1) is 21.3 Å². The van der Waals surface area contributed by atoms with E-state index < -0.39 is 6.29 Å². The van der Waals surface area contributed by atoms with Gasteiger partial charge < -0.3 is 33.2 Å². The Morgan fingerprint density at radius 1 is 0.622 bits per heavy atom. The third-order valence-corrected chi connectivity index (χ3v) is 5.21. The Kier molecular flexibility index (Phi) is 9.60. The minimum Gasteiger partial charge on any atom is -0.496 e. The number of rotatable bonds is 12. The first kappa shape index (κ1) is 27.2. The van der Waals surface area contributed by atoms with Gasteiger partial charge in [0, 0.05) is 26.0 Å². The van der Waals surface area contributed by atoms with Crippen molar-refractivity contribution in [3.8, 4) is 28.7 Å². The number of methoxy groups -OCH3 is 3. The molecule has 37 heavy (non-hydrogen) atoms. The SMILES string of the molecule is COc1cc(OC)c(C(Oc2ccc(COC(C)=O)cc2)Oc2ccc(COC(C)=O)cc2)c(OC)c1. The van der Waals surface area contributed by atoms with Crippen LogP contribution < -0.4 is 23.7 Å². The van der Waals surface area contributed by atoms with Gasteiger partial charge in [0.2, 0.25) is 0 Å². The van der Waals surface area contributed by atoms with E-state index in [0.29, 0.717) is 34.3 Å². The molecule has 0 aliphatic heterocycles. The molecular formula is C28H30O9. The maximum atomic E-state index is 11.1. The number of ether oxygens (including phenoxy) is 7. The predicted molar refractivity (Wildman–Crippen MR) is 134 cm³/mol. The summed E-state index contributed by atoms with van der Waals surface area (Å²) in [4.78, 5) is 22.2. The fourth-order valence-corrected chi connectivity index (χ4v) is 3.35. The summed E-state index contributed by atoms with van der Waals surface area (Å²) in [6.45, 7) is 3.04. The van der Waals surface area contributed by atoms with Crippen molar-refractivity contribution in [2.24, 2.45) is 0 Å². The average Bonchev–Trinajstić information content (AvgIpc) is 2.90. The molecule has 0 amide bonds. The van der Waals surface area contributed by atoms with Crippen LogP contribution in [0.1, 0.15) is 36.8 Å². The summed E-state index contributed by atoms with van der Waals surface area (Å²) >= 11 is 0. The molecule has 0 saturated heterocycles. The number of esters is 2. The Labute approximate surface area is 215 Å². The lowest BCUT2D eigenvalue weighted by Gasteiger charge is -2.25. The van der Waals surface area contributed by atoms with Gasteiger partial charge in [-0.05, 0) is 35.4 Å². The molecule has 0 heterocycles. The van der Waals surface area contributed by atoms with Crippen LogP contribution in [0.2, 0.25) is 0 Å². The van der Waals surface area contributed by atoms with Crippen LogP contribution >= 0.6 is 0 Å². The van der Waals surface area contributed by atoms with E-state index in [-0.39, 0.29) is 25.2 Å². The van der Waals surface area contributed by atoms with Crippen LogP contribution in [0.25, 0.3) is 0 Å². The van der Waals surface area contributed by atoms with E-state index in [1.54, 1.807) is 67.8 Å². The number of carbonyl (C=O) groups excluding carboxylic acids is 2. The van der Waals surface area contributed by atoms with E-state index in [4.69, 9.17) is 33.2 Å². The van der Waals surface area contributed by atoms with E-state index in [9.17, 15) is 9.59 Å². The van der Waals surface area contributed by atoms with Crippen LogP contribution in [0.3, 0.4) is 0 Å². The zero-order chi connectivity index (χ0) is 26.8. The molecule has 0 saturated carbocycles. The molecule has 3 aromatic carbocycles. The van der Waals surface area contributed by atoms with Crippen LogP contribution in [0, 0.1) is 0 Å². The fourth-order valence-electron chi connectivity index (χ4n) is 3.35. The molecule has 0 atom stereocenters. The monoisotopic (exact) mass is 510 g/mol. The Morgan fingerprint density at radius 2 is 1.03 bits per heavy atom.